The molecule has 1 aromatic rings. The van der Waals surface area contributed by atoms with Crippen molar-refractivity contribution in [3.05, 3.63) is 34.6 Å². The van der Waals surface area contributed by atoms with Gasteiger partial charge in [-0.1, -0.05) is 11.6 Å². The lowest BCUT2D eigenvalue weighted by Crippen LogP contribution is -1.96. The highest BCUT2D eigenvalue weighted by molar-refractivity contribution is 6.31. The molecule has 0 amide bonds. The molecule has 0 spiro atoms. The van der Waals surface area contributed by atoms with Crippen LogP contribution in [0.25, 0.3) is 0 Å². The van der Waals surface area contributed by atoms with Crippen LogP contribution in [0.1, 0.15) is 30.7 Å². The summed E-state index contributed by atoms with van der Waals surface area (Å²) in [5.41, 5.74) is 0.775. The SMILES string of the molecule is O=C1CCC(c2cc(F)ccc2Cl)C1. The van der Waals surface area contributed by atoms with Crippen molar-refractivity contribution in [3.63, 3.8) is 0 Å². The Morgan fingerprint density at radius 1 is 1.43 bits per heavy atom. The van der Waals surface area contributed by atoms with Crippen molar-refractivity contribution in [3.8, 4) is 0 Å². The summed E-state index contributed by atoms with van der Waals surface area (Å²) in [5, 5.41) is 0.561. The predicted molar refractivity (Wildman–Crippen MR) is 53.0 cm³/mol. The molecule has 1 unspecified atom stereocenters. The molecule has 0 radical (unpaired) electrons. The first-order valence-corrected chi connectivity index (χ1v) is 5.01. The number of benzene rings is 1. The smallest absolute Gasteiger partial charge is 0.133 e. The van der Waals surface area contributed by atoms with E-state index in [0.29, 0.717) is 17.9 Å². The third-order valence-electron chi connectivity index (χ3n) is 2.64. The number of rotatable bonds is 1. The first-order chi connectivity index (χ1) is 6.66. The Bertz CT molecular complexity index is 376. The summed E-state index contributed by atoms with van der Waals surface area (Å²) in [6.07, 6.45) is 1.89. The van der Waals surface area contributed by atoms with Crippen LogP contribution in [0.3, 0.4) is 0 Å². The van der Waals surface area contributed by atoms with Crippen molar-refractivity contribution in [2.24, 2.45) is 0 Å². The normalized spacial score (nSPS) is 21.6. The number of hydrogen-bond donors (Lipinski definition) is 0. The standard InChI is InChI=1S/C11H10ClFO/c12-11-4-2-8(13)6-10(11)7-1-3-9(14)5-7/h2,4,6-7H,1,3,5H2. The third kappa shape index (κ3) is 1.80. The first-order valence-electron chi connectivity index (χ1n) is 4.63. The number of hydrogen-bond acceptors (Lipinski definition) is 1. The van der Waals surface area contributed by atoms with Gasteiger partial charge in [0.1, 0.15) is 11.6 Å². The van der Waals surface area contributed by atoms with Crippen molar-refractivity contribution in [1.82, 2.24) is 0 Å². The van der Waals surface area contributed by atoms with Crippen molar-refractivity contribution >= 4 is 17.4 Å². The Balaban J connectivity index is 2.31. The van der Waals surface area contributed by atoms with Crippen molar-refractivity contribution in [1.29, 1.82) is 0 Å². The average molecular weight is 213 g/mol. The predicted octanol–water partition coefficient (Wildman–Crippen LogP) is 3.32. The molecule has 1 aliphatic carbocycles. The van der Waals surface area contributed by atoms with Crippen LogP contribution in [0.4, 0.5) is 4.39 Å². The maximum atomic E-state index is 13.0. The number of halogens is 2. The van der Waals surface area contributed by atoms with Crippen molar-refractivity contribution in [2.75, 3.05) is 0 Å². The maximum absolute atomic E-state index is 13.0. The van der Waals surface area contributed by atoms with Crippen LogP contribution < -0.4 is 0 Å². The van der Waals surface area contributed by atoms with Crippen LogP contribution in [-0.4, -0.2) is 5.78 Å². The van der Waals surface area contributed by atoms with E-state index in [1.807, 2.05) is 0 Å². The third-order valence-corrected chi connectivity index (χ3v) is 2.99. The Morgan fingerprint density at radius 2 is 2.21 bits per heavy atom. The Kier molecular flexibility index (Phi) is 2.55. The maximum Gasteiger partial charge on any atom is 0.133 e. The molecule has 14 heavy (non-hydrogen) atoms. The van der Waals surface area contributed by atoms with E-state index in [1.165, 1.54) is 12.1 Å². The molecule has 1 atom stereocenters. The molecule has 0 bridgehead atoms. The number of ketones is 1. The molecule has 0 N–H and O–H groups in total. The zero-order valence-corrected chi connectivity index (χ0v) is 8.35. The quantitative estimate of drug-likeness (QED) is 0.698. The van der Waals surface area contributed by atoms with Crippen molar-refractivity contribution < 1.29 is 9.18 Å². The molecule has 74 valence electrons. The molecule has 3 heteroatoms. The molecule has 2 rings (SSSR count). The van der Waals surface area contributed by atoms with Crippen LogP contribution in [0, 0.1) is 5.82 Å². The molecule has 0 saturated heterocycles. The Morgan fingerprint density at radius 3 is 2.86 bits per heavy atom. The van der Waals surface area contributed by atoms with E-state index in [9.17, 15) is 9.18 Å². The fourth-order valence-electron chi connectivity index (χ4n) is 1.91. The highest BCUT2D eigenvalue weighted by Crippen LogP contribution is 2.36. The number of carbonyl (C=O) groups is 1. The van der Waals surface area contributed by atoms with E-state index in [4.69, 9.17) is 11.6 Å². The second-order valence-electron chi connectivity index (χ2n) is 3.64. The molecule has 0 aliphatic heterocycles. The van der Waals surface area contributed by atoms with E-state index in [2.05, 4.69) is 0 Å². The van der Waals surface area contributed by atoms with Crippen LogP contribution in [0.15, 0.2) is 18.2 Å². The van der Waals surface area contributed by atoms with E-state index in [-0.39, 0.29) is 17.5 Å². The minimum absolute atomic E-state index is 0.116. The summed E-state index contributed by atoms with van der Waals surface area (Å²) >= 11 is 5.95. The van der Waals surface area contributed by atoms with Gasteiger partial charge in [-0.3, -0.25) is 4.79 Å². The van der Waals surface area contributed by atoms with Gasteiger partial charge >= 0.3 is 0 Å². The second kappa shape index (κ2) is 3.70. The lowest BCUT2D eigenvalue weighted by Gasteiger charge is -2.10. The molecule has 1 nitrogen and oxygen atoms in total. The van der Waals surface area contributed by atoms with Gasteiger partial charge in [0.25, 0.3) is 0 Å². The summed E-state index contributed by atoms with van der Waals surface area (Å²) in [6, 6.07) is 4.32. The van der Waals surface area contributed by atoms with Crippen LogP contribution in [0.2, 0.25) is 5.02 Å². The van der Waals surface area contributed by atoms with E-state index in [0.717, 1.165) is 12.0 Å². The van der Waals surface area contributed by atoms with Gasteiger partial charge in [0, 0.05) is 17.9 Å². The summed E-state index contributed by atoms with van der Waals surface area (Å²) in [5.74, 6) is 0.0739. The minimum Gasteiger partial charge on any atom is -0.300 e. The number of Topliss-reactive ketones (excluding diaryl/α,β-unsaturated/α-hetero) is 1. The lowest BCUT2D eigenvalue weighted by molar-refractivity contribution is -0.117. The second-order valence-corrected chi connectivity index (χ2v) is 4.05. The van der Waals surface area contributed by atoms with E-state index < -0.39 is 0 Å². The van der Waals surface area contributed by atoms with Crippen LogP contribution in [0.5, 0.6) is 0 Å². The van der Waals surface area contributed by atoms with Crippen molar-refractivity contribution in [2.45, 2.75) is 25.2 Å². The molecule has 1 aliphatic rings. The van der Waals surface area contributed by atoms with E-state index in [1.54, 1.807) is 6.07 Å². The number of carbonyl (C=O) groups excluding carboxylic acids is 1. The average Bonchev–Trinajstić information content (AvgIpc) is 2.56. The summed E-state index contributed by atoms with van der Waals surface area (Å²) < 4.78 is 13.0. The zero-order chi connectivity index (χ0) is 10.1. The lowest BCUT2D eigenvalue weighted by atomic mass is 9.97. The monoisotopic (exact) mass is 212 g/mol. The van der Waals surface area contributed by atoms with Gasteiger partial charge in [-0.05, 0) is 36.1 Å². The van der Waals surface area contributed by atoms with Gasteiger partial charge < -0.3 is 0 Å². The summed E-state index contributed by atoms with van der Waals surface area (Å²) in [4.78, 5) is 11.1. The van der Waals surface area contributed by atoms with Crippen LogP contribution in [-0.2, 0) is 4.79 Å². The highest BCUT2D eigenvalue weighted by Gasteiger charge is 2.25. The van der Waals surface area contributed by atoms with Gasteiger partial charge in [-0.25, -0.2) is 4.39 Å². The molecule has 0 heterocycles. The Labute approximate surface area is 86.9 Å². The molecule has 1 saturated carbocycles. The molecule has 0 aromatic heterocycles. The van der Waals surface area contributed by atoms with Gasteiger partial charge in [-0.15, -0.1) is 0 Å². The van der Waals surface area contributed by atoms with Gasteiger partial charge in [0.05, 0.1) is 0 Å². The minimum atomic E-state index is -0.288. The fourth-order valence-corrected chi connectivity index (χ4v) is 2.18. The zero-order valence-electron chi connectivity index (χ0n) is 7.59. The topological polar surface area (TPSA) is 17.1 Å². The highest BCUT2D eigenvalue weighted by atomic mass is 35.5. The van der Waals surface area contributed by atoms with Gasteiger partial charge in [0.15, 0.2) is 0 Å². The summed E-state index contributed by atoms with van der Waals surface area (Å²) in [6.45, 7) is 0. The van der Waals surface area contributed by atoms with E-state index >= 15 is 0 Å². The first kappa shape index (κ1) is 9.66. The molecular formula is C11H10ClFO. The molecule has 1 fully saturated rings. The largest absolute Gasteiger partial charge is 0.300 e. The fraction of sp³-hybridized carbons (Fsp3) is 0.364. The summed E-state index contributed by atoms with van der Waals surface area (Å²) in [7, 11) is 0. The van der Waals surface area contributed by atoms with Gasteiger partial charge in [-0.2, -0.15) is 0 Å². The molecular weight excluding hydrogens is 203 g/mol. The van der Waals surface area contributed by atoms with Crippen LogP contribution >= 0.6 is 11.6 Å². The molecule has 1 aromatic carbocycles. The Hall–Kier alpha value is -0.890. The van der Waals surface area contributed by atoms with Gasteiger partial charge in [0.2, 0.25) is 0 Å².